The molecule has 0 saturated carbocycles. The highest BCUT2D eigenvalue weighted by Crippen LogP contribution is 2.22. The monoisotopic (exact) mass is 310 g/mol. The van der Waals surface area contributed by atoms with Crippen LogP contribution in [0.1, 0.15) is 27.9 Å². The van der Waals surface area contributed by atoms with Crippen LogP contribution in [0.3, 0.4) is 0 Å². The van der Waals surface area contributed by atoms with Gasteiger partial charge in [-0.05, 0) is 41.7 Å². The zero-order chi connectivity index (χ0) is 14.7. The molecule has 1 aromatic carbocycles. The molecular weight excluding hydrogens is 296 g/mol. The summed E-state index contributed by atoms with van der Waals surface area (Å²) in [6.45, 7) is 2.34. The number of anilines is 1. The highest BCUT2D eigenvalue weighted by molar-refractivity contribution is 7.07. The zero-order valence-corrected chi connectivity index (χ0v) is 12.8. The SMILES string of the molecule is CCc1nnsc1C(=O)N(C)Cc1cc(N)ccc1Cl. The molecule has 2 N–H and O–H groups in total. The van der Waals surface area contributed by atoms with Crippen LogP contribution in [-0.4, -0.2) is 27.4 Å². The van der Waals surface area contributed by atoms with Crippen molar-refractivity contribution in [3.8, 4) is 0 Å². The Labute approximate surface area is 126 Å². The standard InChI is InChI=1S/C13H15ClN4OS/c1-3-11-12(20-17-16-11)13(19)18(2)7-8-6-9(15)4-5-10(8)14/h4-6H,3,7,15H2,1-2H3. The molecule has 0 aliphatic heterocycles. The Morgan fingerprint density at radius 2 is 2.25 bits per heavy atom. The molecule has 1 heterocycles. The van der Waals surface area contributed by atoms with E-state index in [-0.39, 0.29) is 5.91 Å². The van der Waals surface area contributed by atoms with Gasteiger partial charge in [-0.2, -0.15) is 0 Å². The van der Waals surface area contributed by atoms with Gasteiger partial charge in [0.1, 0.15) is 4.88 Å². The lowest BCUT2D eigenvalue weighted by Crippen LogP contribution is -2.26. The van der Waals surface area contributed by atoms with E-state index in [0.717, 1.165) is 22.8 Å². The molecule has 1 aromatic heterocycles. The van der Waals surface area contributed by atoms with E-state index in [2.05, 4.69) is 9.59 Å². The van der Waals surface area contributed by atoms with Gasteiger partial charge < -0.3 is 10.6 Å². The van der Waals surface area contributed by atoms with E-state index in [1.807, 2.05) is 6.92 Å². The lowest BCUT2D eigenvalue weighted by molar-refractivity contribution is 0.0788. The second-order valence-corrected chi connectivity index (χ2v) is 5.58. The van der Waals surface area contributed by atoms with E-state index >= 15 is 0 Å². The molecule has 106 valence electrons. The quantitative estimate of drug-likeness (QED) is 0.881. The molecule has 0 aliphatic carbocycles. The Morgan fingerprint density at radius 1 is 1.50 bits per heavy atom. The van der Waals surface area contributed by atoms with Crippen molar-refractivity contribution in [3.05, 3.63) is 39.4 Å². The fraction of sp³-hybridized carbons (Fsp3) is 0.308. The number of halogens is 1. The molecule has 0 radical (unpaired) electrons. The number of nitrogen functional groups attached to an aromatic ring is 1. The minimum Gasteiger partial charge on any atom is -0.399 e. The first kappa shape index (κ1) is 14.7. The van der Waals surface area contributed by atoms with Gasteiger partial charge in [0.25, 0.3) is 5.91 Å². The van der Waals surface area contributed by atoms with E-state index in [0.29, 0.717) is 28.6 Å². The van der Waals surface area contributed by atoms with Gasteiger partial charge >= 0.3 is 0 Å². The van der Waals surface area contributed by atoms with E-state index < -0.39 is 0 Å². The molecular formula is C13H15ClN4OS. The summed E-state index contributed by atoms with van der Waals surface area (Å²) in [5.41, 5.74) is 7.91. The summed E-state index contributed by atoms with van der Waals surface area (Å²) in [5, 5.41) is 4.55. The Morgan fingerprint density at radius 3 is 2.95 bits per heavy atom. The smallest absolute Gasteiger partial charge is 0.267 e. The van der Waals surface area contributed by atoms with Gasteiger partial charge in [-0.1, -0.05) is 23.0 Å². The van der Waals surface area contributed by atoms with Crippen LogP contribution in [0.25, 0.3) is 0 Å². The summed E-state index contributed by atoms with van der Waals surface area (Å²) in [4.78, 5) is 14.5. The maximum absolute atomic E-state index is 12.4. The second kappa shape index (κ2) is 6.19. The predicted molar refractivity (Wildman–Crippen MR) is 80.9 cm³/mol. The van der Waals surface area contributed by atoms with Gasteiger partial charge in [0.05, 0.1) is 5.69 Å². The number of aryl methyl sites for hydroxylation is 1. The predicted octanol–water partition coefficient (Wildman–Crippen LogP) is 2.61. The lowest BCUT2D eigenvalue weighted by Gasteiger charge is -2.17. The van der Waals surface area contributed by atoms with Gasteiger partial charge in [-0.25, -0.2) is 0 Å². The summed E-state index contributed by atoms with van der Waals surface area (Å²) in [7, 11) is 1.72. The van der Waals surface area contributed by atoms with Crippen molar-refractivity contribution in [1.82, 2.24) is 14.5 Å². The number of rotatable bonds is 4. The number of benzene rings is 1. The van der Waals surface area contributed by atoms with E-state index in [4.69, 9.17) is 17.3 Å². The minimum atomic E-state index is -0.102. The average molecular weight is 311 g/mol. The van der Waals surface area contributed by atoms with Crippen LogP contribution in [0.2, 0.25) is 5.02 Å². The maximum Gasteiger partial charge on any atom is 0.267 e. The zero-order valence-electron chi connectivity index (χ0n) is 11.3. The first-order valence-corrected chi connectivity index (χ1v) is 7.28. The average Bonchev–Trinajstić information content (AvgIpc) is 2.90. The van der Waals surface area contributed by atoms with Crippen LogP contribution >= 0.6 is 23.1 Å². The van der Waals surface area contributed by atoms with E-state index in [1.54, 1.807) is 30.1 Å². The number of aromatic nitrogens is 2. The van der Waals surface area contributed by atoms with Gasteiger partial charge in [-0.3, -0.25) is 4.79 Å². The molecule has 0 aliphatic rings. The highest BCUT2D eigenvalue weighted by Gasteiger charge is 2.19. The summed E-state index contributed by atoms with van der Waals surface area (Å²) in [5.74, 6) is -0.102. The molecule has 0 spiro atoms. The second-order valence-electron chi connectivity index (χ2n) is 4.41. The molecule has 1 amide bonds. The van der Waals surface area contributed by atoms with Crippen LogP contribution in [0.5, 0.6) is 0 Å². The van der Waals surface area contributed by atoms with Gasteiger partial charge in [0.15, 0.2) is 0 Å². The number of carbonyl (C=O) groups excluding carboxylic acids is 1. The molecule has 5 nitrogen and oxygen atoms in total. The first-order valence-electron chi connectivity index (χ1n) is 6.13. The van der Waals surface area contributed by atoms with Crippen molar-refractivity contribution < 1.29 is 4.79 Å². The van der Waals surface area contributed by atoms with Crippen molar-refractivity contribution in [2.45, 2.75) is 19.9 Å². The molecule has 20 heavy (non-hydrogen) atoms. The Kier molecular flexibility index (Phi) is 4.57. The molecule has 7 heteroatoms. The highest BCUT2D eigenvalue weighted by atomic mass is 35.5. The normalized spacial score (nSPS) is 10.6. The third-order valence-corrected chi connectivity index (χ3v) is 4.03. The molecule has 0 saturated heterocycles. The summed E-state index contributed by atoms with van der Waals surface area (Å²) in [6, 6.07) is 5.24. The molecule has 0 atom stereocenters. The maximum atomic E-state index is 12.4. The van der Waals surface area contributed by atoms with Gasteiger partial charge in [-0.15, -0.1) is 5.10 Å². The molecule has 2 aromatic rings. The van der Waals surface area contributed by atoms with Crippen molar-refractivity contribution in [2.24, 2.45) is 0 Å². The van der Waals surface area contributed by atoms with Crippen LogP contribution in [-0.2, 0) is 13.0 Å². The molecule has 0 fully saturated rings. The van der Waals surface area contributed by atoms with Crippen LogP contribution in [0.4, 0.5) is 5.69 Å². The number of carbonyl (C=O) groups is 1. The first-order chi connectivity index (χ1) is 9.52. The Hall–Kier alpha value is -1.66. The summed E-state index contributed by atoms with van der Waals surface area (Å²) in [6.07, 6.45) is 0.685. The fourth-order valence-corrected chi connectivity index (χ4v) is 2.74. The minimum absolute atomic E-state index is 0.102. The van der Waals surface area contributed by atoms with Gasteiger partial charge in [0.2, 0.25) is 0 Å². The molecule has 0 unspecified atom stereocenters. The van der Waals surface area contributed by atoms with E-state index in [9.17, 15) is 4.79 Å². The Balaban J connectivity index is 2.17. The van der Waals surface area contributed by atoms with Crippen molar-refractivity contribution >= 4 is 34.7 Å². The third-order valence-electron chi connectivity index (χ3n) is 2.91. The number of hydrogen-bond donors (Lipinski definition) is 1. The number of hydrogen-bond acceptors (Lipinski definition) is 5. The van der Waals surface area contributed by atoms with E-state index in [1.165, 1.54) is 0 Å². The number of nitrogens with two attached hydrogens (primary N) is 1. The summed E-state index contributed by atoms with van der Waals surface area (Å²) < 4.78 is 3.83. The van der Waals surface area contributed by atoms with Crippen molar-refractivity contribution in [1.29, 1.82) is 0 Å². The molecule has 2 rings (SSSR count). The van der Waals surface area contributed by atoms with Crippen LogP contribution in [0, 0.1) is 0 Å². The lowest BCUT2D eigenvalue weighted by atomic mass is 10.2. The number of amides is 1. The fourth-order valence-electron chi connectivity index (χ4n) is 1.82. The molecule has 0 bridgehead atoms. The number of nitrogens with zero attached hydrogens (tertiary/aromatic N) is 3. The summed E-state index contributed by atoms with van der Waals surface area (Å²) >= 11 is 7.23. The topological polar surface area (TPSA) is 72.1 Å². The Bertz CT molecular complexity index is 629. The van der Waals surface area contributed by atoms with Crippen LogP contribution < -0.4 is 5.73 Å². The van der Waals surface area contributed by atoms with Gasteiger partial charge in [0, 0.05) is 24.3 Å². The van der Waals surface area contributed by atoms with Crippen LogP contribution in [0.15, 0.2) is 18.2 Å². The third kappa shape index (κ3) is 3.08. The van der Waals surface area contributed by atoms with Crippen molar-refractivity contribution in [2.75, 3.05) is 12.8 Å². The van der Waals surface area contributed by atoms with Crippen molar-refractivity contribution in [3.63, 3.8) is 0 Å². The largest absolute Gasteiger partial charge is 0.399 e.